The fourth-order valence-corrected chi connectivity index (χ4v) is 2.38. The third-order valence-electron chi connectivity index (χ3n) is 3.97. The number of carbonyl (C=O) groups excluding carboxylic acids is 3. The van der Waals surface area contributed by atoms with Crippen LogP contribution in [0.15, 0.2) is 24.3 Å². The van der Waals surface area contributed by atoms with Crippen molar-refractivity contribution in [2.45, 2.75) is 46.0 Å². The van der Waals surface area contributed by atoms with Gasteiger partial charge in [0, 0.05) is 39.1 Å². The Bertz CT molecular complexity index is 605. The van der Waals surface area contributed by atoms with Crippen LogP contribution in [0.25, 0.3) is 0 Å². The molecule has 2 N–H and O–H groups in total. The van der Waals surface area contributed by atoms with Gasteiger partial charge in [0.05, 0.1) is 13.9 Å². The van der Waals surface area contributed by atoms with E-state index in [1.54, 1.807) is 19.1 Å². The summed E-state index contributed by atoms with van der Waals surface area (Å²) in [4.78, 5) is 36.3. The number of ketones is 1. The van der Waals surface area contributed by atoms with Gasteiger partial charge in [-0.2, -0.15) is 0 Å². The number of amides is 2. The van der Waals surface area contributed by atoms with Crippen molar-refractivity contribution in [2.75, 3.05) is 5.32 Å². The molecule has 0 aliphatic carbocycles. The molecule has 2 amide bonds. The number of carbonyl (C=O) groups is 3. The second kappa shape index (κ2) is 12.1. The van der Waals surface area contributed by atoms with Crippen molar-refractivity contribution in [3.8, 4) is 0 Å². The van der Waals surface area contributed by atoms with Crippen LogP contribution in [0.5, 0.6) is 0 Å². The molecule has 140 valence electrons. The Kier molecular flexibility index (Phi) is 11.4. The van der Waals surface area contributed by atoms with Crippen molar-refractivity contribution < 1.29 is 35.4 Å². The van der Waals surface area contributed by atoms with E-state index in [-0.39, 0.29) is 57.4 Å². The van der Waals surface area contributed by atoms with Crippen LogP contribution >= 0.6 is 0 Å². The molecule has 0 spiro atoms. The predicted octanol–water partition coefficient (Wildman–Crippen LogP) is 2.25. The minimum absolute atomic E-state index is 0. The molecule has 1 aromatic rings. The minimum Gasteiger partial charge on any atom is -0.348 e. The van der Waals surface area contributed by atoms with Crippen LogP contribution in [0.3, 0.4) is 0 Å². The Morgan fingerprint density at radius 3 is 2.15 bits per heavy atom. The monoisotopic (exact) mass is 525 g/mol. The molecule has 1 rings (SSSR count). The summed E-state index contributed by atoms with van der Waals surface area (Å²) < 4.78 is 0. The summed E-state index contributed by atoms with van der Waals surface area (Å²) in [5, 5.41) is 5.47. The normalized spacial score (nSPS) is 12.7. The average Bonchev–Trinajstić information content (AvgIpc) is 2.59. The molecule has 0 aliphatic heterocycles. The smallest absolute Gasteiger partial charge is 0.227 e. The first-order chi connectivity index (χ1) is 11.8. The number of hydrogen-bond donors (Lipinski definition) is 2. The average molecular weight is 525 g/mol. The predicted molar refractivity (Wildman–Crippen MR) is 100 cm³/mol. The zero-order chi connectivity index (χ0) is 19.0. The van der Waals surface area contributed by atoms with E-state index >= 15 is 0 Å². The molecular weight excluding hydrogens is 499 g/mol. The van der Waals surface area contributed by atoms with Crippen LogP contribution in [-0.4, -0.2) is 31.5 Å². The standard InChI is InChI=1S/C19H26BN2O3.W/c1-5-17(24)22-18(12(2)3)16(23)10-13(4)19(25)21-15-8-6-14(11-20)7-9-15;/h6-9,12-13,18H,1,5,10-11H2,2-4H3,(H,21,25)(H,22,24);/q-1;/t13-,18+;/m1./s1. The fraction of sp³-hybridized carbons (Fsp3) is 0.474. The number of Topliss-reactive ketones (excluding diaryl/α,β-unsaturated/α-hetero) is 1. The zero-order valence-electron chi connectivity index (χ0n) is 15.6. The summed E-state index contributed by atoms with van der Waals surface area (Å²) in [6.07, 6.45) is 0.576. The maximum absolute atomic E-state index is 12.5. The van der Waals surface area contributed by atoms with E-state index in [1.165, 1.54) is 0 Å². The van der Waals surface area contributed by atoms with Crippen LogP contribution in [0.1, 0.15) is 39.2 Å². The van der Waals surface area contributed by atoms with Crippen LogP contribution < -0.4 is 10.6 Å². The first kappa shape index (κ1) is 24.6. The molecule has 1 aromatic carbocycles. The van der Waals surface area contributed by atoms with E-state index in [4.69, 9.17) is 7.85 Å². The molecule has 0 saturated heterocycles. The Balaban J connectivity index is 0.00000625. The van der Waals surface area contributed by atoms with Gasteiger partial charge in [-0.1, -0.05) is 44.8 Å². The summed E-state index contributed by atoms with van der Waals surface area (Å²) in [5.41, 5.74) is 1.63. The minimum atomic E-state index is -0.603. The second-order valence-corrected chi connectivity index (χ2v) is 6.50. The van der Waals surface area contributed by atoms with E-state index in [0.29, 0.717) is 12.0 Å². The Morgan fingerprint density at radius 1 is 1.12 bits per heavy atom. The van der Waals surface area contributed by atoms with Gasteiger partial charge in [-0.3, -0.25) is 14.4 Å². The third-order valence-corrected chi connectivity index (χ3v) is 3.97. The number of nitrogens with one attached hydrogen (secondary N) is 2. The van der Waals surface area contributed by atoms with Gasteiger partial charge in [-0.25, -0.2) is 0 Å². The summed E-state index contributed by atoms with van der Waals surface area (Å²) in [5.74, 6) is -1.22. The summed E-state index contributed by atoms with van der Waals surface area (Å²) >= 11 is 0. The largest absolute Gasteiger partial charge is 0.348 e. The SMILES string of the molecule is [B]Cc1ccc(NC(=O)[C@H](C)CC(=O)[C@@H](NC(=O)C[CH2-])C(C)C)cc1.[W]. The molecule has 0 fully saturated rings. The third kappa shape index (κ3) is 7.86. The molecule has 0 unspecified atom stereocenters. The summed E-state index contributed by atoms with van der Waals surface area (Å²) in [6.45, 7) is 8.92. The molecular formula is C19H26BN2O3W-. The van der Waals surface area contributed by atoms with Gasteiger partial charge < -0.3 is 17.6 Å². The van der Waals surface area contributed by atoms with Crippen molar-refractivity contribution in [3.05, 3.63) is 36.8 Å². The van der Waals surface area contributed by atoms with Crippen LogP contribution in [-0.2, 0) is 41.8 Å². The molecule has 0 aliphatic rings. The number of rotatable bonds is 9. The molecule has 5 nitrogen and oxygen atoms in total. The van der Waals surface area contributed by atoms with Gasteiger partial charge in [0.1, 0.15) is 0 Å². The molecule has 0 saturated carbocycles. The Morgan fingerprint density at radius 2 is 1.69 bits per heavy atom. The topological polar surface area (TPSA) is 75.3 Å². The quantitative estimate of drug-likeness (QED) is 0.384. The van der Waals surface area contributed by atoms with Crippen LogP contribution in [0.4, 0.5) is 5.69 Å². The van der Waals surface area contributed by atoms with Gasteiger partial charge in [-0.05, 0) is 18.1 Å². The molecule has 0 aromatic heterocycles. The Labute approximate surface area is 171 Å². The molecule has 7 heteroatoms. The molecule has 0 heterocycles. The van der Waals surface area contributed by atoms with E-state index in [1.807, 2.05) is 26.0 Å². The first-order valence-electron chi connectivity index (χ1n) is 8.49. The van der Waals surface area contributed by atoms with E-state index < -0.39 is 12.0 Å². The van der Waals surface area contributed by atoms with Gasteiger partial charge in [0.25, 0.3) is 0 Å². The molecule has 2 radical (unpaired) electrons. The zero-order valence-corrected chi connectivity index (χ0v) is 18.5. The van der Waals surface area contributed by atoms with E-state index in [9.17, 15) is 14.4 Å². The van der Waals surface area contributed by atoms with Crippen LogP contribution in [0, 0.1) is 18.8 Å². The molecule has 2 atom stereocenters. The molecule has 0 bridgehead atoms. The van der Waals surface area contributed by atoms with Crippen molar-refractivity contribution in [1.82, 2.24) is 5.32 Å². The number of anilines is 1. The van der Waals surface area contributed by atoms with Gasteiger partial charge in [0.15, 0.2) is 11.7 Å². The Hall–Kier alpha value is -1.42. The van der Waals surface area contributed by atoms with Gasteiger partial charge in [-0.15, -0.1) is 6.42 Å². The number of benzene rings is 1. The second-order valence-electron chi connectivity index (χ2n) is 6.50. The fourth-order valence-electron chi connectivity index (χ4n) is 2.38. The maximum atomic E-state index is 12.5. The molecule has 26 heavy (non-hydrogen) atoms. The van der Waals surface area contributed by atoms with Crippen molar-refractivity contribution >= 4 is 31.1 Å². The first-order valence-corrected chi connectivity index (χ1v) is 8.49. The van der Waals surface area contributed by atoms with Crippen molar-refractivity contribution in [3.63, 3.8) is 0 Å². The number of hydrogen-bond acceptors (Lipinski definition) is 3. The van der Waals surface area contributed by atoms with Crippen molar-refractivity contribution in [1.29, 1.82) is 0 Å². The van der Waals surface area contributed by atoms with E-state index in [0.717, 1.165) is 5.56 Å². The summed E-state index contributed by atoms with van der Waals surface area (Å²) in [6, 6.07) is 6.64. The maximum Gasteiger partial charge on any atom is 0.227 e. The van der Waals surface area contributed by atoms with Crippen molar-refractivity contribution in [2.24, 2.45) is 11.8 Å². The van der Waals surface area contributed by atoms with Gasteiger partial charge >= 0.3 is 0 Å². The summed E-state index contributed by atoms with van der Waals surface area (Å²) in [7, 11) is 5.54. The van der Waals surface area contributed by atoms with Crippen LogP contribution in [0.2, 0.25) is 0 Å². The van der Waals surface area contributed by atoms with E-state index in [2.05, 4.69) is 17.6 Å². The van der Waals surface area contributed by atoms with Gasteiger partial charge in [0.2, 0.25) is 5.91 Å².